The number of carboxylic acids is 2. The third kappa shape index (κ3) is 36.0. The summed E-state index contributed by atoms with van der Waals surface area (Å²) in [5, 5.41) is 24.2. The first-order chi connectivity index (χ1) is 9.20. The van der Waals surface area contributed by atoms with Gasteiger partial charge in [0.25, 0.3) is 0 Å². The minimum Gasteiger partial charge on any atom is -0.478 e. The molecular formula is C12H17ClO7. The van der Waals surface area contributed by atoms with Gasteiger partial charge >= 0.3 is 17.9 Å². The molecule has 0 saturated heterocycles. The Bertz CT molecular complexity index is 332. The smallest absolute Gasteiger partial charge is 0.330 e. The van der Waals surface area contributed by atoms with Crippen LogP contribution in [0.25, 0.3) is 0 Å². The van der Waals surface area contributed by atoms with Gasteiger partial charge in [-0.2, -0.15) is 0 Å². The molecular weight excluding hydrogens is 292 g/mol. The predicted octanol–water partition coefficient (Wildman–Crippen LogP) is 1.18. The summed E-state index contributed by atoms with van der Waals surface area (Å²) in [5.74, 6) is -3.02. The van der Waals surface area contributed by atoms with Crippen molar-refractivity contribution in [2.24, 2.45) is 0 Å². The second kappa shape index (κ2) is 16.9. The monoisotopic (exact) mass is 308 g/mol. The number of hydrogen-bond donors (Lipinski definition) is 3. The van der Waals surface area contributed by atoms with Crippen molar-refractivity contribution in [1.82, 2.24) is 0 Å². The van der Waals surface area contributed by atoms with Crippen molar-refractivity contribution in [1.29, 1.82) is 0 Å². The van der Waals surface area contributed by atoms with Crippen LogP contribution < -0.4 is 0 Å². The molecule has 0 radical (unpaired) electrons. The summed E-state index contributed by atoms with van der Waals surface area (Å²) in [4.78, 5) is 29.4. The molecule has 0 heterocycles. The van der Waals surface area contributed by atoms with Crippen molar-refractivity contribution >= 4 is 29.5 Å². The number of esters is 1. The first-order valence-corrected chi connectivity index (χ1v) is 5.47. The molecule has 7 nitrogen and oxygen atoms in total. The Kier molecular flexibility index (Phi) is 19.4. The number of hydrogen-bond acceptors (Lipinski definition) is 5. The number of carbonyl (C=O) groups excluding carboxylic acids is 1. The topological polar surface area (TPSA) is 121 Å². The van der Waals surface area contributed by atoms with E-state index in [0.717, 1.165) is 6.08 Å². The first kappa shape index (κ1) is 23.0. The molecule has 0 amide bonds. The van der Waals surface area contributed by atoms with Crippen LogP contribution in [0.4, 0.5) is 0 Å². The highest BCUT2D eigenvalue weighted by Crippen LogP contribution is 1.83. The molecule has 114 valence electrons. The van der Waals surface area contributed by atoms with Crippen molar-refractivity contribution in [3.63, 3.8) is 0 Å². The molecule has 0 rings (SSSR count). The standard InChI is InChI=1S/C6H10O3.C4H4O4.C2H3Cl/c1-3-6(8)9-4-5(2)7;5-3(6)1-2-4(7)8;1-2-3/h3,5,7H,1,4H2,2H3;1-2H,(H,5,6)(H,7,8);2H,1H2. The molecule has 8 heteroatoms. The van der Waals surface area contributed by atoms with Crippen molar-refractivity contribution in [2.45, 2.75) is 13.0 Å². The van der Waals surface area contributed by atoms with Gasteiger partial charge in [-0.3, -0.25) is 0 Å². The molecule has 1 unspecified atom stereocenters. The normalized spacial score (nSPS) is 9.95. The van der Waals surface area contributed by atoms with Crippen LogP contribution in [0.1, 0.15) is 6.92 Å². The molecule has 0 fully saturated rings. The zero-order valence-corrected chi connectivity index (χ0v) is 11.6. The Balaban J connectivity index is -0.000000243. The minimum absolute atomic E-state index is 0.0326. The van der Waals surface area contributed by atoms with E-state index in [2.05, 4.69) is 17.9 Å². The summed E-state index contributed by atoms with van der Waals surface area (Å²) in [6, 6.07) is 0. The maximum absolute atomic E-state index is 10.3. The maximum atomic E-state index is 10.3. The first-order valence-electron chi connectivity index (χ1n) is 5.03. The number of carboxylic acid groups (broad SMARTS) is 2. The minimum atomic E-state index is -1.26. The van der Waals surface area contributed by atoms with Gasteiger partial charge in [-0.1, -0.05) is 24.8 Å². The summed E-state index contributed by atoms with van der Waals surface area (Å²) in [6.45, 7) is 7.88. The predicted molar refractivity (Wildman–Crippen MR) is 73.3 cm³/mol. The largest absolute Gasteiger partial charge is 0.478 e. The highest BCUT2D eigenvalue weighted by Gasteiger charge is 1.98. The molecule has 20 heavy (non-hydrogen) atoms. The van der Waals surface area contributed by atoms with E-state index in [-0.39, 0.29) is 6.61 Å². The van der Waals surface area contributed by atoms with Crippen LogP contribution in [0.15, 0.2) is 36.9 Å². The Labute approximate surface area is 121 Å². The van der Waals surface area contributed by atoms with Crippen LogP contribution in [-0.4, -0.2) is 45.9 Å². The van der Waals surface area contributed by atoms with E-state index in [4.69, 9.17) is 26.9 Å². The van der Waals surface area contributed by atoms with Gasteiger partial charge in [-0.05, 0) is 12.5 Å². The van der Waals surface area contributed by atoms with Crippen molar-refractivity contribution in [3.05, 3.63) is 36.9 Å². The van der Waals surface area contributed by atoms with E-state index in [0.29, 0.717) is 12.2 Å². The Hall–Kier alpha value is -2.12. The third-order valence-corrected chi connectivity index (χ3v) is 1.00. The van der Waals surface area contributed by atoms with Crippen molar-refractivity contribution < 1.29 is 34.4 Å². The molecule has 0 spiro atoms. The lowest BCUT2D eigenvalue weighted by Crippen LogP contribution is -2.13. The van der Waals surface area contributed by atoms with E-state index in [1.807, 2.05) is 0 Å². The molecule has 1 atom stereocenters. The molecule has 0 aromatic rings. The highest BCUT2D eigenvalue weighted by molar-refractivity contribution is 6.25. The zero-order valence-electron chi connectivity index (χ0n) is 10.9. The SMILES string of the molecule is C=CC(=O)OCC(C)O.C=CCl.O=C(O)C=CC(=O)O. The summed E-state index contributed by atoms with van der Waals surface area (Å²) in [7, 11) is 0. The lowest BCUT2D eigenvalue weighted by molar-refractivity contribution is -0.140. The van der Waals surface area contributed by atoms with Gasteiger partial charge in [0.1, 0.15) is 6.61 Å². The van der Waals surface area contributed by atoms with E-state index in [1.165, 1.54) is 12.5 Å². The maximum Gasteiger partial charge on any atom is 0.330 e. The van der Waals surface area contributed by atoms with Gasteiger partial charge in [0.05, 0.1) is 6.10 Å². The van der Waals surface area contributed by atoms with E-state index in [9.17, 15) is 14.4 Å². The molecule has 0 aliphatic carbocycles. The van der Waals surface area contributed by atoms with Gasteiger partial charge in [-0.15, -0.1) is 0 Å². The zero-order chi connectivity index (χ0) is 16.6. The number of ether oxygens (including phenoxy) is 1. The van der Waals surface area contributed by atoms with Gasteiger partial charge in [0, 0.05) is 18.2 Å². The number of halogens is 1. The Morgan fingerprint density at radius 2 is 1.55 bits per heavy atom. The number of carbonyl (C=O) groups is 3. The summed E-state index contributed by atoms with van der Waals surface area (Å²) < 4.78 is 4.45. The molecule has 0 saturated carbocycles. The fraction of sp³-hybridized carbons (Fsp3) is 0.250. The van der Waals surface area contributed by atoms with Gasteiger partial charge in [0.15, 0.2) is 0 Å². The van der Waals surface area contributed by atoms with Crippen LogP contribution in [0.3, 0.4) is 0 Å². The summed E-state index contributed by atoms with van der Waals surface area (Å²) in [5.41, 5.74) is 1.22. The fourth-order valence-electron chi connectivity index (χ4n) is 0.404. The molecule has 0 bridgehead atoms. The molecule has 0 aliphatic rings. The van der Waals surface area contributed by atoms with E-state index >= 15 is 0 Å². The average molecular weight is 309 g/mol. The van der Waals surface area contributed by atoms with Crippen LogP contribution >= 0.6 is 11.6 Å². The van der Waals surface area contributed by atoms with Gasteiger partial charge in [0.2, 0.25) is 0 Å². The quantitative estimate of drug-likeness (QED) is 0.515. The lowest BCUT2D eigenvalue weighted by atomic mass is 10.4. The van der Waals surface area contributed by atoms with Gasteiger partial charge in [-0.25, -0.2) is 14.4 Å². The highest BCUT2D eigenvalue weighted by atomic mass is 35.5. The lowest BCUT2D eigenvalue weighted by Gasteiger charge is -2.02. The summed E-state index contributed by atoms with van der Waals surface area (Å²) in [6.07, 6.45) is 1.57. The van der Waals surface area contributed by atoms with Crippen LogP contribution in [0, 0.1) is 0 Å². The summed E-state index contributed by atoms with van der Waals surface area (Å²) >= 11 is 4.76. The number of aliphatic hydroxyl groups excluding tert-OH is 1. The van der Waals surface area contributed by atoms with E-state index in [1.54, 1.807) is 0 Å². The fourth-order valence-corrected chi connectivity index (χ4v) is 0.404. The van der Waals surface area contributed by atoms with Crippen LogP contribution in [-0.2, 0) is 19.1 Å². The van der Waals surface area contributed by atoms with Crippen molar-refractivity contribution in [2.75, 3.05) is 6.61 Å². The molecule has 0 aliphatic heterocycles. The third-order valence-electron chi connectivity index (χ3n) is 1.00. The second-order valence-corrected chi connectivity index (χ2v) is 3.16. The van der Waals surface area contributed by atoms with Gasteiger partial charge < -0.3 is 20.1 Å². The molecule has 0 aromatic heterocycles. The second-order valence-electron chi connectivity index (χ2n) is 2.85. The number of aliphatic hydroxyl groups is 1. The molecule has 3 N–H and O–H groups in total. The number of rotatable bonds is 5. The average Bonchev–Trinajstić information content (AvgIpc) is 2.35. The van der Waals surface area contributed by atoms with Crippen LogP contribution in [0.2, 0.25) is 0 Å². The van der Waals surface area contributed by atoms with Crippen LogP contribution in [0.5, 0.6) is 0 Å². The van der Waals surface area contributed by atoms with Crippen molar-refractivity contribution in [3.8, 4) is 0 Å². The Morgan fingerprint density at radius 1 is 1.20 bits per heavy atom. The number of aliphatic carboxylic acids is 2. The molecule has 0 aromatic carbocycles. The Morgan fingerprint density at radius 3 is 1.75 bits per heavy atom. The van der Waals surface area contributed by atoms with E-state index < -0.39 is 24.0 Å².